The van der Waals surface area contributed by atoms with Crippen LogP contribution in [0.15, 0.2) is 143 Å². The number of benzene rings is 8. The minimum absolute atomic E-state index is 0.0201. The number of fused-ring (bicyclic) bond motifs is 4. The summed E-state index contributed by atoms with van der Waals surface area (Å²) in [6.07, 6.45) is -24.9. The maximum Gasteiger partial charge on any atom is 0.239 e. The van der Waals surface area contributed by atoms with Crippen molar-refractivity contribution < 1.29 is 189 Å². The van der Waals surface area contributed by atoms with Crippen LogP contribution < -0.4 is 35.2 Å². The highest BCUT2D eigenvalue weighted by atomic mass is 16.7. The average molecular weight is 1670 g/mol. The molecule has 15 rings (SSSR count). The third-order valence-electron chi connectivity index (χ3n) is 19.2. The molecular formula is C78H74O41. The van der Waals surface area contributed by atoms with Crippen molar-refractivity contribution in [1.29, 1.82) is 0 Å². The van der Waals surface area contributed by atoms with Crippen molar-refractivity contribution in [1.82, 2.24) is 0 Å². The maximum absolute atomic E-state index is 13.2. The number of hydrogen-bond donors (Lipinski definition) is 28. The third-order valence-corrected chi connectivity index (χ3v) is 19.2. The lowest BCUT2D eigenvalue weighted by molar-refractivity contribution is -0.277. The molecule has 0 saturated carbocycles. The van der Waals surface area contributed by atoms with Crippen LogP contribution >= 0.6 is 0 Å². The molecule has 0 aliphatic carbocycles. The predicted octanol–water partition coefficient (Wildman–Crippen LogP) is 1.69. The first-order valence-electron chi connectivity index (χ1n) is 35.1. The molecule has 0 bridgehead atoms. The van der Waals surface area contributed by atoms with Crippen molar-refractivity contribution >= 4 is 32.9 Å². The Morgan fingerprint density at radius 2 is 0.689 bits per heavy atom. The second-order valence-electron chi connectivity index (χ2n) is 27.5. The Kier molecular flexibility index (Phi) is 24.1. The van der Waals surface area contributed by atoms with E-state index < -0.39 is 225 Å². The minimum Gasteiger partial charge on any atom is -0.508 e. The van der Waals surface area contributed by atoms with E-state index in [4.69, 9.17) is 46.4 Å². The van der Waals surface area contributed by atoms with Gasteiger partial charge in [-0.3, -0.25) is 14.4 Å². The van der Waals surface area contributed by atoms with Crippen molar-refractivity contribution in [2.45, 2.75) is 125 Å². The number of aliphatic hydroxyl groups is 11. The van der Waals surface area contributed by atoms with Gasteiger partial charge in [0.15, 0.2) is 69.0 Å². The van der Waals surface area contributed by atoms with Crippen LogP contribution in [0.3, 0.4) is 0 Å². The van der Waals surface area contributed by atoms with Crippen LogP contribution in [0.5, 0.6) is 121 Å². The monoisotopic (exact) mass is 1670 g/mol. The Balaban J connectivity index is 0.000000147. The molecule has 3 saturated heterocycles. The van der Waals surface area contributed by atoms with Crippen LogP contribution in [0.1, 0.15) is 31.1 Å². The standard InChI is InChI=1S/2C21H20O12.C21H20O11.C15H14O6/c1-6-14(26)17(29)18(30)21(31-6)33-20-16(28)13-9(23)4-8(22)5-12(13)32-19(20)7-2-10(24)15(27)11(25)3-7;22-6-13-15(27)17(29)18(30)21(32-13)33-20-16(28)14-11(26)4-8(23)5-12(14)31-19(20)7-1-2-9(24)10(25)3-7;1-7-15(26)17(28)18(29)21(30-7)32-20-16(27)14-12(25)5-9(22)6-13(14)31-19(20)8-2-3-10(23)11(24)4-8;16-8-4-11(18)9-6-13(20)15(21-14(9)5-8)7-1-2-10(17)12(19)3-7/h2-6,14,17-18,21-27,29-30H,1H3;1-5,13,15,17-18,21-27,29-30H,6H2;2-7,15,17-18,21-26,28-29H,1H3;1-5,13,15-20H,6H2/t6-,14-,17+,18+,21?;13-,15+,17+,18-,21?;7-,15-,17+,18+,21?;13-,15+/m0101/s1. The first-order chi connectivity index (χ1) is 56.1. The number of aliphatic hydroxyl groups excluding tert-OH is 11. The molecule has 0 spiro atoms. The summed E-state index contributed by atoms with van der Waals surface area (Å²) < 4.78 is 55.2. The Morgan fingerprint density at radius 3 is 1.08 bits per heavy atom. The summed E-state index contributed by atoms with van der Waals surface area (Å²) >= 11 is 0. The van der Waals surface area contributed by atoms with Crippen LogP contribution in [0.2, 0.25) is 0 Å². The smallest absolute Gasteiger partial charge is 0.239 e. The van der Waals surface area contributed by atoms with Gasteiger partial charge in [0.2, 0.25) is 52.4 Å². The van der Waals surface area contributed by atoms with Gasteiger partial charge in [0, 0.05) is 77.2 Å². The fourth-order valence-corrected chi connectivity index (χ4v) is 13.0. The fourth-order valence-electron chi connectivity index (χ4n) is 13.0. The molecule has 28 N–H and O–H groups in total. The van der Waals surface area contributed by atoms with Gasteiger partial charge >= 0.3 is 0 Å². The molecule has 3 unspecified atom stereocenters. The Hall–Kier alpha value is -13.4. The van der Waals surface area contributed by atoms with Gasteiger partial charge in [-0.15, -0.1) is 0 Å². The summed E-state index contributed by atoms with van der Waals surface area (Å²) in [6.45, 7) is 2.08. The van der Waals surface area contributed by atoms with Crippen LogP contribution in [-0.2, 0) is 20.6 Å². The number of hydrogen-bond acceptors (Lipinski definition) is 41. The first kappa shape index (κ1) is 85.0. The zero-order valence-corrected chi connectivity index (χ0v) is 61.0. The van der Waals surface area contributed by atoms with Crippen molar-refractivity contribution in [3.8, 4) is 155 Å². The van der Waals surface area contributed by atoms with Crippen molar-refractivity contribution in [2.75, 3.05) is 6.61 Å². The number of rotatable bonds is 11. The third kappa shape index (κ3) is 16.9. The van der Waals surface area contributed by atoms with Gasteiger partial charge in [-0.2, -0.15) is 0 Å². The normalized spacial score (nSPS) is 24.6. The van der Waals surface area contributed by atoms with Gasteiger partial charge in [0.1, 0.15) is 152 Å². The molecule has 0 radical (unpaired) electrons. The second-order valence-corrected chi connectivity index (χ2v) is 27.5. The van der Waals surface area contributed by atoms with Gasteiger partial charge < -0.3 is 189 Å². The Bertz CT molecular complexity index is 5840. The van der Waals surface area contributed by atoms with Crippen LogP contribution in [0.4, 0.5) is 0 Å². The molecule has 119 heavy (non-hydrogen) atoms. The highest BCUT2D eigenvalue weighted by Gasteiger charge is 2.48. The lowest BCUT2D eigenvalue weighted by Crippen LogP contribution is -2.60. The molecule has 632 valence electrons. The first-order valence-corrected chi connectivity index (χ1v) is 35.1. The van der Waals surface area contributed by atoms with Crippen LogP contribution in [-0.4, -0.2) is 248 Å². The molecule has 4 aliphatic rings. The van der Waals surface area contributed by atoms with E-state index in [0.29, 0.717) is 11.1 Å². The van der Waals surface area contributed by atoms with Gasteiger partial charge in [0.05, 0.1) is 24.9 Å². The van der Waals surface area contributed by atoms with E-state index in [1.807, 2.05) is 0 Å². The zero-order chi connectivity index (χ0) is 86.7. The molecule has 7 heterocycles. The quantitative estimate of drug-likeness (QED) is 0.0819. The molecule has 17 atom stereocenters. The highest BCUT2D eigenvalue weighted by Crippen LogP contribution is 2.48. The van der Waals surface area contributed by atoms with E-state index in [-0.39, 0.29) is 96.7 Å². The van der Waals surface area contributed by atoms with Crippen molar-refractivity contribution in [2.24, 2.45) is 0 Å². The summed E-state index contributed by atoms with van der Waals surface area (Å²) in [5.41, 5.74) is -2.80. The van der Waals surface area contributed by atoms with Crippen LogP contribution in [0, 0.1) is 0 Å². The Morgan fingerprint density at radius 1 is 0.345 bits per heavy atom. The molecule has 41 nitrogen and oxygen atoms in total. The average Bonchev–Trinajstić information content (AvgIpc) is 0.762. The summed E-state index contributed by atoms with van der Waals surface area (Å²) in [5, 5.41) is 275. The highest BCUT2D eigenvalue weighted by molar-refractivity contribution is 5.91. The SMILES string of the molecule is C[C@@H]1OC(Oc2c(-c3cc(O)c(O)c(O)c3)oc3cc(O)cc(O)c3c2=O)[C@H](O)[C@H](O)[C@H]1O.C[C@@H]1OC(Oc2c(-c3ccc(O)c(O)c3)oc3cc(O)cc(O)c3c2=O)[C@H](O)[C@H](O)[C@H]1O.O=c1c(OC2O[C@H](CO)[C@H](O)[C@H](O)[C@H]2O)c(-c2ccc(O)c(O)c2)oc2cc(O)cc(O)c12.Oc1cc(O)c2c(c1)O[C@@H](c1ccc(O)c(O)c1)[C@H](O)C2. The predicted molar refractivity (Wildman–Crippen MR) is 398 cm³/mol. The summed E-state index contributed by atoms with van der Waals surface area (Å²) in [7, 11) is 0. The van der Waals surface area contributed by atoms with E-state index in [1.54, 1.807) is 0 Å². The van der Waals surface area contributed by atoms with Gasteiger partial charge in [-0.25, -0.2) is 0 Å². The lowest BCUT2D eigenvalue weighted by atomic mass is 9.94. The second kappa shape index (κ2) is 33.7. The zero-order valence-electron chi connectivity index (χ0n) is 61.0. The minimum atomic E-state index is -1.85. The summed E-state index contributed by atoms with van der Waals surface area (Å²) in [6, 6.07) is 21.3. The van der Waals surface area contributed by atoms with E-state index >= 15 is 0 Å². The number of ether oxygens (including phenoxy) is 7. The Labute approximate surface area is 662 Å². The van der Waals surface area contributed by atoms with Gasteiger partial charge in [-0.1, -0.05) is 6.07 Å². The van der Waals surface area contributed by atoms with E-state index in [2.05, 4.69) is 0 Å². The fraction of sp³-hybridized carbons (Fsp3) is 0.269. The van der Waals surface area contributed by atoms with Crippen molar-refractivity contribution in [3.63, 3.8) is 0 Å². The molecule has 0 amide bonds. The summed E-state index contributed by atoms with van der Waals surface area (Å²) in [5.74, 6) is -11.0. The number of phenolic OH excluding ortho intramolecular Hbond substituents is 17. The molecule has 3 aromatic heterocycles. The molecule has 11 aromatic rings. The largest absolute Gasteiger partial charge is 0.508 e. The molecule has 4 aliphatic heterocycles. The number of phenols is 17. The molecular weight excluding hydrogens is 1590 g/mol. The molecule has 8 aromatic carbocycles. The molecule has 3 fully saturated rings. The summed E-state index contributed by atoms with van der Waals surface area (Å²) in [4.78, 5) is 39.7. The topological polar surface area (TPSA) is 722 Å². The van der Waals surface area contributed by atoms with Gasteiger partial charge in [0.25, 0.3) is 0 Å². The van der Waals surface area contributed by atoms with Crippen molar-refractivity contribution in [3.05, 3.63) is 157 Å². The van der Waals surface area contributed by atoms with Gasteiger partial charge in [-0.05, 0) is 80.1 Å². The van der Waals surface area contributed by atoms with E-state index in [9.17, 15) is 157 Å². The number of aromatic hydroxyl groups is 17. The lowest BCUT2D eigenvalue weighted by Gasteiger charge is -2.39. The van der Waals surface area contributed by atoms with E-state index in [1.165, 1.54) is 56.3 Å². The maximum atomic E-state index is 13.2. The van der Waals surface area contributed by atoms with Crippen LogP contribution in [0.25, 0.3) is 66.9 Å². The molecule has 41 heteroatoms. The van der Waals surface area contributed by atoms with E-state index in [0.717, 1.165) is 72.8 Å².